The lowest BCUT2D eigenvalue weighted by Crippen LogP contribution is -2.22. The van der Waals surface area contributed by atoms with Gasteiger partial charge in [0.05, 0.1) is 10.7 Å². The van der Waals surface area contributed by atoms with Gasteiger partial charge in [0.15, 0.2) is 0 Å². The van der Waals surface area contributed by atoms with Gasteiger partial charge in [0, 0.05) is 6.04 Å². The molecule has 1 aromatic rings. The molecule has 1 aliphatic heterocycles. The van der Waals surface area contributed by atoms with Crippen LogP contribution in [0.1, 0.15) is 19.3 Å². The van der Waals surface area contributed by atoms with Crippen molar-refractivity contribution < 1.29 is 4.39 Å². The molecule has 0 radical (unpaired) electrons. The molecule has 4 heteroatoms. The minimum atomic E-state index is -0.273. The first-order valence-electron chi connectivity index (χ1n) is 5.68. The van der Waals surface area contributed by atoms with Gasteiger partial charge in [0.1, 0.15) is 5.82 Å². The summed E-state index contributed by atoms with van der Waals surface area (Å²) in [6.07, 6.45) is 3.17. The second kappa shape index (κ2) is 5.51. The van der Waals surface area contributed by atoms with Gasteiger partial charge in [-0.2, -0.15) is 0 Å². The third kappa shape index (κ3) is 2.86. The molecule has 0 aliphatic carbocycles. The lowest BCUT2D eigenvalue weighted by atomic mass is 10.1. The summed E-state index contributed by atoms with van der Waals surface area (Å²) >= 11 is 5.97. The van der Waals surface area contributed by atoms with E-state index in [1.165, 1.54) is 6.07 Å². The lowest BCUT2D eigenvalue weighted by Gasteiger charge is -2.18. The molecule has 2 N–H and O–H groups in total. The molecule has 16 heavy (non-hydrogen) atoms. The smallest absolute Gasteiger partial charge is 0.147 e. The van der Waals surface area contributed by atoms with Crippen LogP contribution in [-0.2, 0) is 0 Å². The van der Waals surface area contributed by atoms with Gasteiger partial charge in [0.2, 0.25) is 0 Å². The quantitative estimate of drug-likeness (QED) is 0.833. The van der Waals surface area contributed by atoms with Gasteiger partial charge in [-0.05, 0) is 44.5 Å². The fourth-order valence-corrected chi connectivity index (χ4v) is 2.22. The van der Waals surface area contributed by atoms with E-state index in [0.29, 0.717) is 16.8 Å². The third-order valence-electron chi connectivity index (χ3n) is 2.89. The molecular weight excluding hydrogens is 227 g/mol. The van der Waals surface area contributed by atoms with Crippen molar-refractivity contribution in [3.63, 3.8) is 0 Å². The van der Waals surface area contributed by atoms with E-state index in [1.807, 2.05) is 0 Å². The second-order valence-electron chi connectivity index (χ2n) is 4.12. The summed E-state index contributed by atoms with van der Waals surface area (Å²) in [4.78, 5) is 0. The van der Waals surface area contributed by atoms with Gasteiger partial charge < -0.3 is 10.6 Å². The summed E-state index contributed by atoms with van der Waals surface area (Å²) in [5, 5.41) is 6.99. The molecule has 2 nitrogen and oxygen atoms in total. The van der Waals surface area contributed by atoms with Crippen molar-refractivity contribution in [1.82, 2.24) is 5.32 Å². The van der Waals surface area contributed by atoms with Crippen LogP contribution in [0.15, 0.2) is 18.2 Å². The Morgan fingerprint density at radius 1 is 1.31 bits per heavy atom. The predicted molar refractivity (Wildman–Crippen MR) is 65.5 cm³/mol. The molecule has 1 aromatic carbocycles. The van der Waals surface area contributed by atoms with Crippen LogP contribution in [0, 0.1) is 5.82 Å². The van der Waals surface area contributed by atoms with E-state index in [4.69, 9.17) is 11.6 Å². The van der Waals surface area contributed by atoms with Gasteiger partial charge in [-0.15, -0.1) is 0 Å². The third-order valence-corrected chi connectivity index (χ3v) is 3.20. The molecule has 88 valence electrons. The van der Waals surface area contributed by atoms with Crippen LogP contribution < -0.4 is 10.6 Å². The summed E-state index contributed by atoms with van der Waals surface area (Å²) < 4.78 is 13.5. The molecule has 0 bridgehead atoms. The number of rotatable bonds is 2. The fraction of sp³-hybridized carbons (Fsp3) is 0.500. The minimum Gasteiger partial charge on any atom is -0.379 e. The summed E-state index contributed by atoms with van der Waals surface area (Å²) in [5.41, 5.74) is 0.441. The Hall–Kier alpha value is -0.800. The average Bonchev–Trinajstić information content (AvgIpc) is 2.52. The van der Waals surface area contributed by atoms with E-state index in [0.717, 1.165) is 32.4 Å². The molecule has 0 saturated carbocycles. The van der Waals surface area contributed by atoms with Gasteiger partial charge in [0.25, 0.3) is 0 Å². The molecule has 1 atom stereocenters. The Morgan fingerprint density at radius 3 is 3.00 bits per heavy atom. The fourth-order valence-electron chi connectivity index (χ4n) is 2.00. The molecule has 0 spiro atoms. The molecule has 0 aromatic heterocycles. The van der Waals surface area contributed by atoms with E-state index >= 15 is 0 Å². The lowest BCUT2D eigenvalue weighted by molar-refractivity contribution is 0.606. The number of para-hydroxylation sites is 1. The molecule has 1 fully saturated rings. The Bertz CT molecular complexity index is 329. The molecule has 1 heterocycles. The zero-order chi connectivity index (χ0) is 11.4. The number of hydrogen-bond acceptors (Lipinski definition) is 2. The Balaban J connectivity index is 2.07. The maximum absolute atomic E-state index is 13.5. The summed E-state index contributed by atoms with van der Waals surface area (Å²) in [5.74, 6) is -0.273. The van der Waals surface area contributed by atoms with Gasteiger partial charge in [-0.3, -0.25) is 0 Å². The molecule has 1 aliphatic rings. The van der Waals surface area contributed by atoms with Crippen LogP contribution in [0.25, 0.3) is 0 Å². The topological polar surface area (TPSA) is 24.1 Å². The van der Waals surface area contributed by atoms with Crippen molar-refractivity contribution >= 4 is 17.3 Å². The molecular formula is C12H16ClFN2. The highest BCUT2D eigenvalue weighted by Gasteiger charge is 2.15. The van der Waals surface area contributed by atoms with E-state index in [-0.39, 0.29) is 5.82 Å². The Morgan fingerprint density at radius 2 is 2.19 bits per heavy atom. The van der Waals surface area contributed by atoms with E-state index in [1.54, 1.807) is 12.1 Å². The SMILES string of the molecule is Fc1cccc(Cl)c1NC1CCCNCC1. The molecule has 2 rings (SSSR count). The maximum atomic E-state index is 13.5. The van der Waals surface area contributed by atoms with Crippen LogP contribution in [0.3, 0.4) is 0 Å². The first kappa shape index (κ1) is 11.7. The van der Waals surface area contributed by atoms with Crippen LogP contribution in [0.4, 0.5) is 10.1 Å². The first-order chi connectivity index (χ1) is 7.77. The standard InChI is InChI=1S/C12H16ClFN2/c13-10-4-1-5-11(14)12(10)16-9-3-2-7-15-8-6-9/h1,4-5,9,15-16H,2-3,6-8H2. The van der Waals surface area contributed by atoms with Crippen LogP contribution >= 0.6 is 11.6 Å². The first-order valence-corrected chi connectivity index (χ1v) is 6.06. The number of benzene rings is 1. The van der Waals surface area contributed by atoms with Gasteiger partial charge in [-0.1, -0.05) is 17.7 Å². The second-order valence-corrected chi connectivity index (χ2v) is 4.53. The van der Waals surface area contributed by atoms with Crippen LogP contribution in [-0.4, -0.2) is 19.1 Å². The van der Waals surface area contributed by atoms with Crippen molar-refractivity contribution in [2.75, 3.05) is 18.4 Å². The van der Waals surface area contributed by atoms with E-state index in [9.17, 15) is 4.39 Å². The number of hydrogen-bond donors (Lipinski definition) is 2. The van der Waals surface area contributed by atoms with Crippen LogP contribution in [0.5, 0.6) is 0 Å². The van der Waals surface area contributed by atoms with Crippen molar-refractivity contribution in [2.45, 2.75) is 25.3 Å². The van der Waals surface area contributed by atoms with Gasteiger partial charge >= 0.3 is 0 Å². The van der Waals surface area contributed by atoms with Crippen molar-refractivity contribution in [3.8, 4) is 0 Å². The largest absolute Gasteiger partial charge is 0.379 e. The summed E-state index contributed by atoms with van der Waals surface area (Å²) in [6, 6.07) is 5.08. The average molecular weight is 243 g/mol. The molecule has 1 unspecified atom stereocenters. The van der Waals surface area contributed by atoms with Crippen molar-refractivity contribution in [2.24, 2.45) is 0 Å². The number of halogens is 2. The molecule has 0 amide bonds. The number of nitrogens with one attached hydrogen (secondary N) is 2. The van der Waals surface area contributed by atoms with E-state index < -0.39 is 0 Å². The summed E-state index contributed by atoms with van der Waals surface area (Å²) in [7, 11) is 0. The van der Waals surface area contributed by atoms with Crippen molar-refractivity contribution in [3.05, 3.63) is 29.0 Å². The summed E-state index contributed by atoms with van der Waals surface area (Å²) in [6.45, 7) is 2.02. The van der Waals surface area contributed by atoms with E-state index in [2.05, 4.69) is 10.6 Å². The Labute approximate surface area is 100 Å². The number of anilines is 1. The normalized spacial score (nSPS) is 21.5. The van der Waals surface area contributed by atoms with Crippen molar-refractivity contribution in [1.29, 1.82) is 0 Å². The molecule has 1 saturated heterocycles. The minimum absolute atomic E-state index is 0.273. The highest BCUT2D eigenvalue weighted by Crippen LogP contribution is 2.26. The van der Waals surface area contributed by atoms with Crippen LogP contribution in [0.2, 0.25) is 5.02 Å². The zero-order valence-corrected chi connectivity index (χ0v) is 9.86. The zero-order valence-electron chi connectivity index (χ0n) is 9.10. The maximum Gasteiger partial charge on any atom is 0.147 e. The van der Waals surface area contributed by atoms with Gasteiger partial charge in [-0.25, -0.2) is 4.39 Å². The highest BCUT2D eigenvalue weighted by atomic mass is 35.5. The predicted octanol–water partition coefficient (Wildman–Crippen LogP) is 3.03. The monoisotopic (exact) mass is 242 g/mol. The Kier molecular flexibility index (Phi) is 4.02. The highest BCUT2D eigenvalue weighted by molar-refractivity contribution is 6.33.